The number of ketones is 1. The van der Waals surface area contributed by atoms with Crippen LogP contribution in [0.25, 0.3) is 5.76 Å². The maximum Gasteiger partial charge on any atom is 0.350 e. The number of methoxy groups -OCH3 is 1. The standard InChI is InChI=1S/C27H24N2O8S/c1-4-35-26(33)24-14(2)28-27(38-24)29-21(15-5-8-17(34-3)9-6-15)20(23(31)25(29)32)22(30)16-7-10-18-19(13-16)37-12-11-36-18/h5-10,13,21,30H,4,11-12H2,1-3H3/b22-20-. The molecule has 3 aromatic rings. The Kier molecular flexibility index (Phi) is 6.77. The highest BCUT2D eigenvalue weighted by Crippen LogP contribution is 2.45. The van der Waals surface area contributed by atoms with Crippen LogP contribution >= 0.6 is 11.3 Å². The first-order chi connectivity index (χ1) is 18.3. The van der Waals surface area contributed by atoms with Crippen molar-refractivity contribution >= 4 is 39.9 Å². The summed E-state index contributed by atoms with van der Waals surface area (Å²) in [6, 6.07) is 10.6. The summed E-state index contributed by atoms with van der Waals surface area (Å²) in [6.07, 6.45) is 0. The first-order valence-corrected chi connectivity index (χ1v) is 12.6. The third kappa shape index (κ3) is 4.34. The number of carbonyl (C=O) groups excluding carboxylic acids is 3. The molecule has 38 heavy (non-hydrogen) atoms. The van der Waals surface area contributed by atoms with E-state index in [9.17, 15) is 19.5 Å². The van der Waals surface area contributed by atoms with E-state index in [0.717, 1.165) is 11.3 Å². The van der Waals surface area contributed by atoms with Gasteiger partial charge in [0.05, 0.1) is 31.0 Å². The van der Waals surface area contributed by atoms with Crippen molar-refractivity contribution in [3.05, 3.63) is 69.7 Å². The molecule has 0 saturated carbocycles. The molecule has 2 aliphatic heterocycles. The number of aliphatic hydroxyl groups is 1. The number of aliphatic hydroxyl groups excluding tert-OH is 1. The third-order valence-corrected chi connectivity index (χ3v) is 7.28. The summed E-state index contributed by atoms with van der Waals surface area (Å²) >= 11 is 0.947. The van der Waals surface area contributed by atoms with Crippen molar-refractivity contribution in [3.8, 4) is 17.2 Å². The largest absolute Gasteiger partial charge is 0.507 e. The van der Waals surface area contributed by atoms with Gasteiger partial charge in [-0.25, -0.2) is 9.78 Å². The summed E-state index contributed by atoms with van der Waals surface area (Å²) in [7, 11) is 1.53. The van der Waals surface area contributed by atoms with Crippen LogP contribution in [0.3, 0.4) is 0 Å². The fourth-order valence-electron chi connectivity index (χ4n) is 4.35. The van der Waals surface area contributed by atoms with Crippen molar-refractivity contribution < 1.29 is 38.4 Å². The van der Waals surface area contributed by atoms with Gasteiger partial charge in [-0.3, -0.25) is 14.5 Å². The number of benzene rings is 2. The van der Waals surface area contributed by atoms with E-state index >= 15 is 0 Å². The summed E-state index contributed by atoms with van der Waals surface area (Å²) in [5.41, 5.74) is 1.07. The molecule has 5 rings (SSSR count). The molecule has 1 saturated heterocycles. The molecular formula is C27H24N2O8S. The van der Waals surface area contributed by atoms with Gasteiger partial charge in [0.15, 0.2) is 16.6 Å². The minimum atomic E-state index is -1.02. The van der Waals surface area contributed by atoms with Crippen LogP contribution in [0.15, 0.2) is 48.0 Å². The van der Waals surface area contributed by atoms with Gasteiger partial charge in [-0.05, 0) is 49.7 Å². The molecule has 196 valence electrons. The maximum absolute atomic E-state index is 13.4. The molecule has 3 heterocycles. The number of carbonyl (C=O) groups is 3. The van der Waals surface area contributed by atoms with Gasteiger partial charge in [-0.2, -0.15) is 0 Å². The van der Waals surface area contributed by atoms with E-state index < -0.39 is 23.7 Å². The van der Waals surface area contributed by atoms with Gasteiger partial charge >= 0.3 is 11.9 Å². The summed E-state index contributed by atoms with van der Waals surface area (Å²) in [4.78, 5) is 45.1. The van der Waals surface area contributed by atoms with Crippen molar-refractivity contribution in [3.63, 3.8) is 0 Å². The topological polar surface area (TPSA) is 124 Å². The zero-order chi connectivity index (χ0) is 27.0. The van der Waals surface area contributed by atoms with E-state index in [0.29, 0.717) is 41.7 Å². The molecule has 1 N–H and O–H groups in total. The van der Waals surface area contributed by atoms with E-state index in [1.54, 1.807) is 56.3 Å². The number of nitrogens with zero attached hydrogens (tertiary/aromatic N) is 2. The number of hydrogen-bond acceptors (Lipinski definition) is 10. The van der Waals surface area contributed by atoms with Gasteiger partial charge in [-0.1, -0.05) is 23.5 Å². The molecular weight excluding hydrogens is 512 g/mol. The zero-order valence-electron chi connectivity index (χ0n) is 20.8. The monoisotopic (exact) mass is 536 g/mol. The number of esters is 1. The highest BCUT2D eigenvalue weighted by molar-refractivity contribution is 7.17. The SMILES string of the molecule is CCOC(=O)c1sc(N2C(=O)C(=O)/C(=C(\O)c3ccc4c(c3)OCCO4)C2c2ccc(OC)cc2)nc1C. The van der Waals surface area contributed by atoms with Crippen LogP contribution in [-0.2, 0) is 14.3 Å². The first-order valence-electron chi connectivity index (χ1n) is 11.8. The maximum atomic E-state index is 13.4. The fourth-order valence-corrected chi connectivity index (χ4v) is 5.34. The van der Waals surface area contributed by atoms with Crippen LogP contribution in [0.2, 0.25) is 0 Å². The predicted octanol–water partition coefficient (Wildman–Crippen LogP) is 4.03. The Morgan fingerprint density at radius 1 is 1.13 bits per heavy atom. The Bertz CT molecular complexity index is 1460. The Morgan fingerprint density at radius 3 is 2.53 bits per heavy atom. The number of anilines is 1. The van der Waals surface area contributed by atoms with Crippen LogP contribution in [0.1, 0.15) is 39.5 Å². The summed E-state index contributed by atoms with van der Waals surface area (Å²) in [5, 5.41) is 11.5. The van der Waals surface area contributed by atoms with E-state index in [-0.39, 0.29) is 33.5 Å². The smallest absolute Gasteiger partial charge is 0.350 e. The lowest BCUT2D eigenvalue weighted by Crippen LogP contribution is -2.29. The zero-order valence-corrected chi connectivity index (χ0v) is 21.7. The molecule has 10 nitrogen and oxygen atoms in total. The molecule has 0 spiro atoms. The van der Waals surface area contributed by atoms with Crippen LogP contribution in [-0.4, -0.2) is 54.7 Å². The highest BCUT2D eigenvalue weighted by atomic mass is 32.1. The normalized spacial score (nSPS) is 18.0. The molecule has 1 atom stereocenters. The molecule has 0 bridgehead atoms. The lowest BCUT2D eigenvalue weighted by atomic mass is 9.95. The number of thiazole rings is 1. The molecule has 1 aromatic heterocycles. The second-order valence-corrected chi connectivity index (χ2v) is 9.41. The number of aryl methyl sites for hydroxylation is 1. The summed E-state index contributed by atoms with van der Waals surface area (Å²) < 4.78 is 21.5. The van der Waals surface area contributed by atoms with Crippen LogP contribution in [0.5, 0.6) is 17.2 Å². The first kappa shape index (κ1) is 25.3. The lowest BCUT2D eigenvalue weighted by molar-refractivity contribution is -0.132. The molecule has 0 aliphatic carbocycles. The van der Waals surface area contributed by atoms with Gasteiger partial charge in [0.1, 0.15) is 29.6 Å². The molecule has 1 unspecified atom stereocenters. The summed E-state index contributed by atoms with van der Waals surface area (Å²) in [5.74, 6) is -1.19. The number of hydrogen-bond donors (Lipinski definition) is 1. The number of Topliss-reactive ketones (excluding diaryl/α,β-unsaturated/α-hetero) is 1. The predicted molar refractivity (Wildman–Crippen MR) is 138 cm³/mol. The third-order valence-electron chi connectivity index (χ3n) is 6.14. The van der Waals surface area contributed by atoms with Crippen LogP contribution < -0.4 is 19.1 Å². The number of aromatic nitrogens is 1. The molecule has 2 aromatic carbocycles. The van der Waals surface area contributed by atoms with Gasteiger partial charge in [0.25, 0.3) is 5.78 Å². The number of amides is 1. The minimum Gasteiger partial charge on any atom is -0.507 e. The van der Waals surface area contributed by atoms with Gasteiger partial charge in [0.2, 0.25) is 0 Å². The average molecular weight is 537 g/mol. The Hall–Kier alpha value is -4.38. The van der Waals surface area contributed by atoms with E-state index in [1.807, 2.05) is 0 Å². The Balaban J connectivity index is 1.66. The Labute approximate surface area is 222 Å². The quantitative estimate of drug-likeness (QED) is 0.215. The number of ether oxygens (including phenoxy) is 4. The van der Waals surface area contributed by atoms with Gasteiger partial charge in [-0.15, -0.1) is 0 Å². The van der Waals surface area contributed by atoms with E-state index in [2.05, 4.69) is 4.98 Å². The van der Waals surface area contributed by atoms with Gasteiger partial charge in [0, 0.05) is 5.56 Å². The molecule has 1 fully saturated rings. The molecule has 1 amide bonds. The summed E-state index contributed by atoms with van der Waals surface area (Å²) in [6.45, 7) is 4.24. The Morgan fingerprint density at radius 2 is 1.84 bits per heavy atom. The second kappa shape index (κ2) is 10.2. The van der Waals surface area contributed by atoms with Gasteiger partial charge < -0.3 is 24.1 Å². The van der Waals surface area contributed by atoms with Crippen molar-refractivity contribution in [2.45, 2.75) is 19.9 Å². The van der Waals surface area contributed by atoms with Crippen molar-refractivity contribution in [2.24, 2.45) is 0 Å². The number of rotatable bonds is 6. The number of fused-ring (bicyclic) bond motifs is 1. The van der Waals surface area contributed by atoms with E-state index in [4.69, 9.17) is 18.9 Å². The minimum absolute atomic E-state index is 0.123. The van der Waals surface area contributed by atoms with Crippen LogP contribution in [0, 0.1) is 6.92 Å². The molecule has 0 radical (unpaired) electrons. The highest BCUT2D eigenvalue weighted by Gasteiger charge is 2.48. The van der Waals surface area contributed by atoms with Crippen molar-refractivity contribution in [1.29, 1.82) is 0 Å². The molecule has 2 aliphatic rings. The average Bonchev–Trinajstić information content (AvgIpc) is 3.44. The molecule has 11 heteroatoms. The lowest BCUT2D eigenvalue weighted by Gasteiger charge is -2.23. The van der Waals surface area contributed by atoms with Crippen LogP contribution in [0.4, 0.5) is 5.13 Å². The fraction of sp³-hybridized carbons (Fsp3) is 0.259. The van der Waals surface area contributed by atoms with Crippen molar-refractivity contribution in [1.82, 2.24) is 4.98 Å². The van der Waals surface area contributed by atoms with E-state index in [1.165, 1.54) is 12.0 Å². The van der Waals surface area contributed by atoms with Crippen molar-refractivity contribution in [2.75, 3.05) is 31.8 Å². The second-order valence-electron chi connectivity index (χ2n) is 8.43.